The van der Waals surface area contributed by atoms with E-state index in [1.54, 1.807) is 6.20 Å². The predicted molar refractivity (Wildman–Crippen MR) is 118 cm³/mol. The van der Waals surface area contributed by atoms with Gasteiger partial charge in [-0.3, -0.25) is 4.98 Å². The molecule has 30 heavy (non-hydrogen) atoms. The minimum Gasteiger partial charge on any atom is -0.319 e. The van der Waals surface area contributed by atoms with E-state index in [1.807, 2.05) is 23.1 Å². The quantitative estimate of drug-likeness (QED) is 0.532. The number of fused-ring (bicyclic) bond motifs is 1. The van der Waals surface area contributed by atoms with Gasteiger partial charge in [0.25, 0.3) is 0 Å². The fourth-order valence-corrected chi connectivity index (χ4v) is 4.76. The van der Waals surface area contributed by atoms with Crippen molar-refractivity contribution in [1.82, 2.24) is 14.8 Å². The summed E-state index contributed by atoms with van der Waals surface area (Å²) in [6.07, 6.45) is 4.93. The first-order chi connectivity index (χ1) is 14.8. The van der Waals surface area contributed by atoms with E-state index in [0.29, 0.717) is 24.5 Å². The van der Waals surface area contributed by atoms with Crippen molar-refractivity contribution in [3.05, 3.63) is 102 Å². The largest absolute Gasteiger partial charge is 0.321 e. The second kappa shape index (κ2) is 8.31. The van der Waals surface area contributed by atoms with Gasteiger partial charge >= 0.3 is 6.03 Å². The van der Waals surface area contributed by atoms with Gasteiger partial charge in [0.1, 0.15) is 0 Å². The molecule has 3 aromatic rings. The molecule has 5 rings (SSSR count). The number of urea groups is 1. The number of carbonyl (C=O) groups is 1. The number of rotatable bonds is 8. The lowest BCUT2D eigenvalue weighted by Gasteiger charge is -2.24. The third-order valence-corrected chi connectivity index (χ3v) is 6.37. The SMILES string of the molecule is O=C1N(Cc2ccccn2)[C@@H]2C[C@@H]2N1CCCC(c1ccccc1)c1ccccc1. The lowest BCUT2D eigenvalue weighted by atomic mass is 9.87. The summed E-state index contributed by atoms with van der Waals surface area (Å²) in [4.78, 5) is 21.5. The molecule has 2 heterocycles. The molecule has 2 aliphatic rings. The van der Waals surface area contributed by atoms with Gasteiger partial charge in [-0.25, -0.2) is 4.79 Å². The Morgan fingerprint density at radius 1 is 0.833 bits per heavy atom. The van der Waals surface area contributed by atoms with Gasteiger partial charge < -0.3 is 9.80 Å². The maximum atomic E-state index is 13.0. The lowest BCUT2D eigenvalue weighted by Crippen LogP contribution is -2.37. The van der Waals surface area contributed by atoms with Gasteiger partial charge in [-0.05, 0) is 42.5 Å². The minimum atomic E-state index is 0.179. The summed E-state index contributed by atoms with van der Waals surface area (Å²) in [5.41, 5.74) is 3.65. The highest BCUT2D eigenvalue weighted by molar-refractivity contribution is 5.79. The average Bonchev–Trinajstić information content (AvgIpc) is 3.54. The third kappa shape index (κ3) is 3.82. The van der Waals surface area contributed by atoms with Crippen LogP contribution in [0.1, 0.15) is 42.0 Å². The van der Waals surface area contributed by atoms with Crippen molar-refractivity contribution in [3.8, 4) is 0 Å². The highest BCUT2D eigenvalue weighted by Gasteiger charge is 2.56. The molecule has 0 spiro atoms. The Bertz CT molecular complexity index is 937. The van der Waals surface area contributed by atoms with Crippen molar-refractivity contribution in [3.63, 3.8) is 0 Å². The van der Waals surface area contributed by atoms with Gasteiger partial charge in [0.05, 0.1) is 24.3 Å². The van der Waals surface area contributed by atoms with Crippen LogP contribution < -0.4 is 0 Å². The van der Waals surface area contributed by atoms with Crippen LogP contribution in [-0.2, 0) is 6.54 Å². The van der Waals surface area contributed by atoms with Crippen molar-refractivity contribution in [1.29, 1.82) is 0 Å². The monoisotopic (exact) mass is 397 g/mol. The topological polar surface area (TPSA) is 36.4 Å². The van der Waals surface area contributed by atoms with Crippen LogP contribution in [0.15, 0.2) is 85.1 Å². The molecule has 1 saturated heterocycles. The van der Waals surface area contributed by atoms with Gasteiger partial charge in [0.2, 0.25) is 0 Å². The Hall–Kier alpha value is -3.14. The van der Waals surface area contributed by atoms with E-state index in [4.69, 9.17) is 0 Å². The first-order valence-electron chi connectivity index (χ1n) is 10.9. The highest BCUT2D eigenvalue weighted by Crippen LogP contribution is 2.42. The molecule has 2 amide bonds. The standard InChI is InChI=1S/C26H27N3O/c30-26-28(24-18-25(24)29(26)19-22-14-7-8-16-27-22)17-9-15-23(20-10-3-1-4-11-20)21-12-5-2-6-13-21/h1-8,10-14,16,23-25H,9,15,17-19H2/t24-,25+/m0/s1. The van der Waals surface area contributed by atoms with E-state index >= 15 is 0 Å². The smallest absolute Gasteiger partial charge is 0.319 e. The first kappa shape index (κ1) is 18.9. The van der Waals surface area contributed by atoms with Gasteiger partial charge in [0.15, 0.2) is 0 Å². The molecule has 0 bridgehead atoms. The van der Waals surface area contributed by atoms with E-state index in [0.717, 1.165) is 31.5 Å². The normalized spacial score (nSPS) is 20.0. The first-order valence-corrected chi connectivity index (χ1v) is 10.9. The van der Waals surface area contributed by atoms with E-state index in [9.17, 15) is 4.79 Å². The Balaban J connectivity index is 1.23. The molecule has 2 aromatic carbocycles. The summed E-state index contributed by atoms with van der Waals surface area (Å²) >= 11 is 0. The summed E-state index contributed by atoms with van der Waals surface area (Å²) in [6, 6.07) is 28.3. The Morgan fingerprint density at radius 3 is 2.10 bits per heavy atom. The second-order valence-corrected chi connectivity index (χ2v) is 8.31. The molecule has 2 fully saturated rings. The molecule has 4 nitrogen and oxygen atoms in total. The number of pyridine rings is 1. The van der Waals surface area contributed by atoms with Crippen LogP contribution in [0.3, 0.4) is 0 Å². The van der Waals surface area contributed by atoms with Crippen LogP contribution in [0.5, 0.6) is 0 Å². The van der Waals surface area contributed by atoms with Gasteiger partial charge in [0, 0.05) is 18.7 Å². The van der Waals surface area contributed by atoms with E-state index in [-0.39, 0.29) is 6.03 Å². The zero-order chi connectivity index (χ0) is 20.3. The molecule has 1 aliphatic carbocycles. The maximum Gasteiger partial charge on any atom is 0.321 e. The lowest BCUT2D eigenvalue weighted by molar-refractivity contribution is 0.173. The molecule has 1 aliphatic heterocycles. The second-order valence-electron chi connectivity index (χ2n) is 8.31. The molecule has 0 N–H and O–H groups in total. The van der Waals surface area contributed by atoms with Crippen molar-refractivity contribution >= 4 is 6.03 Å². The van der Waals surface area contributed by atoms with E-state index in [2.05, 4.69) is 70.5 Å². The van der Waals surface area contributed by atoms with Crippen LogP contribution in [0.2, 0.25) is 0 Å². The zero-order valence-electron chi connectivity index (χ0n) is 17.1. The number of carbonyl (C=O) groups excluding carboxylic acids is 1. The number of hydrogen-bond donors (Lipinski definition) is 0. The van der Waals surface area contributed by atoms with E-state index < -0.39 is 0 Å². The minimum absolute atomic E-state index is 0.179. The number of nitrogens with zero attached hydrogens (tertiary/aromatic N) is 3. The zero-order valence-corrected chi connectivity index (χ0v) is 17.1. The van der Waals surface area contributed by atoms with Crippen molar-refractivity contribution in [2.24, 2.45) is 0 Å². The molecule has 152 valence electrons. The van der Waals surface area contributed by atoms with Crippen LogP contribution in [0.4, 0.5) is 4.79 Å². The fraction of sp³-hybridized carbons (Fsp3) is 0.308. The predicted octanol–water partition coefficient (Wildman–Crippen LogP) is 5.07. The number of benzene rings is 2. The summed E-state index contributed by atoms with van der Waals surface area (Å²) in [6.45, 7) is 1.45. The van der Waals surface area contributed by atoms with Gasteiger partial charge in [-0.2, -0.15) is 0 Å². The summed E-state index contributed by atoms with van der Waals surface area (Å²) < 4.78 is 0. The molecule has 1 saturated carbocycles. The van der Waals surface area contributed by atoms with Crippen molar-refractivity contribution in [2.45, 2.75) is 43.8 Å². The molecule has 2 atom stereocenters. The molecule has 1 aromatic heterocycles. The van der Waals surface area contributed by atoms with Gasteiger partial charge in [-0.15, -0.1) is 0 Å². The third-order valence-electron chi connectivity index (χ3n) is 6.37. The van der Waals surface area contributed by atoms with Gasteiger partial charge in [-0.1, -0.05) is 66.7 Å². The molecule has 0 unspecified atom stereocenters. The van der Waals surface area contributed by atoms with Crippen LogP contribution >= 0.6 is 0 Å². The molecular weight excluding hydrogens is 370 g/mol. The Morgan fingerprint density at radius 2 is 1.47 bits per heavy atom. The summed E-state index contributed by atoms with van der Waals surface area (Å²) in [5.74, 6) is 0.365. The summed E-state index contributed by atoms with van der Waals surface area (Å²) in [5, 5.41) is 0. The molecular formula is C26H27N3O. The Kier molecular flexibility index (Phi) is 5.22. The van der Waals surface area contributed by atoms with Crippen LogP contribution in [0, 0.1) is 0 Å². The van der Waals surface area contributed by atoms with Crippen LogP contribution in [-0.4, -0.2) is 39.4 Å². The fourth-order valence-electron chi connectivity index (χ4n) is 4.76. The number of hydrogen-bond acceptors (Lipinski definition) is 2. The van der Waals surface area contributed by atoms with Crippen LogP contribution in [0.25, 0.3) is 0 Å². The van der Waals surface area contributed by atoms with E-state index in [1.165, 1.54) is 11.1 Å². The maximum absolute atomic E-state index is 13.0. The summed E-state index contributed by atoms with van der Waals surface area (Å²) in [7, 11) is 0. The Labute approximate surface area is 178 Å². The van der Waals surface area contributed by atoms with Crippen molar-refractivity contribution < 1.29 is 4.79 Å². The highest BCUT2D eigenvalue weighted by atomic mass is 16.2. The van der Waals surface area contributed by atoms with Crippen molar-refractivity contribution in [2.75, 3.05) is 6.54 Å². The number of amides is 2. The average molecular weight is 398 g/mol. The number of aromatic nitrogens is 1. The molecule has 0 radical (unpaired) electrons. The molecule has 4 heteroatoms.